The Labute approximate surface area is 222 Å². The van der Waals surface area contributed by atoms with E-state index in [9.17, 15) is 4.79 Å². The second kappa shape index (κ2) is 8.61. The molecule has 204 valence electrons. The highest BCUT2D eigenvalue weighted by Gasteiger charge is 2.69. The topological polar surface area (TPSA) is 26.3 Å². The minimum atomic E-state index is 0.0136. The Hall–Kier alpha value is -0.790. The van der Waals surface area contributed by atoms with Gasteiger partial charge in [-0.1, -0.05) is 67.5 Å². The summed E-state index contributed by atoms with van der Waals surface area (Å²) in [4.78, 5) is 12.7. The van der Waals surface area contributed by atoms with Gasteiger partial charge >= 0.3 is 5.97 Å². The van der Waals surface area contributed by atoms with Crippen molar-refractivity contribution in [2.24, 2.45) is 56.7 Å². The Balaban J connectivity index is 1.42. The van der Waals surface area contributed by atoms with Crippen LogP contribution in [0.25, 0.3) is 0 Å². The van der Waals surface area contributed by atoms with Gasteiger partial charge in [-0.05, 0) is 122 Å². The van der Waals surface area contributed by atoms with Crippen molar-refractivity contribution in [1.29, 1.82) is 0 Å². The predicted molar refractivity (Wildman–Crippen MR) is 149 cm³/mol. The minimum Gasteiger partial charge on any atom is -0.462 e. The molecular weight excluding hydrogens is 440 g/mol. The molecule has 5 saturated carbocycles. The molecular formula is C34H56O2. The Bertz CT molecular complexity index is 901. The molecule has 2 nitrogen and oxygen atoms in total. The standard InChI is InChI=1S/C34H56O2/c1-22(2)20-29(35)36-28-14-16-32(7)26(30(28,4)5)13-17-34(9)27(32)11-10-24-25-21-23(3)12-15-31(25,6)18-19-33(24,34)8/h22,24-28H,3,10-21H2,1-2,4-9H3/t24-,25+,26+,27-,28+,31-,32+,33-,34-/m1/s1. The molecule has 0 aromatic heterocycles. The molecule has 0 spiro atoms. The molecule has 5 rings (SSSR count). The predicted octanol–water partition coefficient (Wildman–Crippen LogP) is 9.38. The van der Waals surface area contributed by atoms with Gasteiger partial charge < -0.3 is 4.74 Å². The monoisotopic (exact) mass is 496 g/mol. The smallest absolute Gasteiger partial charge is 0.306 e. The molecule has 0 aromatic rings. The van der Waals surface area contributed by atoms with Crippen LogP contribution in [0.4, 0.5) is 0 Å². The van der Waals surface area contributed by atoms with Crippen molar-refractivity contribution >= 4 is 5.97 Å². The lowest BCUT2D eigenvalue weighted by atomic mass is 9.32. The molecule has 0 heterocycles. The van der Waals surface area contributed by atoms with Crippen LogP contribution in [0, 0.1) is 56.7 Å². The lowest BCUT2D eigenvalue weighted by molar-refractivity contribution is -0.251. The third-order valence-corrected chi connectivity index (χ3v) is 13.9. The van der Waals surface area contributed by atoms with Gasteiger partial charge in [0.15, 0.2) is 0 Å². The summed E-state index contributed by atoms with van der Waals surface area (Å²) in [5.74, 6) is 3.49. The summed E-state index contributed by atoms with van der Waals surface area (Å²) in [6, 6.07) is 0. The Morgan fingerprint density at radius 1 is 0.861 bits per heavy atom. The van der Waals surface area contributed by atoms with Crippen molar-refractivity contribution in [2.75, 3.05) is 0 Å². The Morgan fingerprint density at radius 3 is 2.28 bits per heavy atom. The number of carbonyl (C=O) groups excluding carboxylic acids is 1. The summed E-state index contributed by atoms with van der Waals surface area (Å²) >= 11 is 0. The number of esters is 1. The average molecular weight is 497 g/mol. The maximum atomic E-state index is 12.7. The number of ether oxygens (including phenoxy) is 1. The molecule has 0 aromatic carbocycles. The second-order valence-electron chi connectivity index (χ2n) is 16.3. The van der Waals surface area contributed by atoms with E-state index in [2.05, 4.69) is 62.0 Å². The van der Waals surface area contributed by atoms with E-state index >= 15 is 0 Å². The van der Waals surface area contributed by atoms with Gasteiger partial charge in [-0.3, -0.25) is 4.79 Å². The van der Waals surface area contributed by atoms with E-state index in [1.165, 1.54) is 69.8 Å². The molecule has 36 heavy (non-hydrogen) atoms. The van der Waals surface area contributed by atoms with E-state index in [1.807, 2.05) is 0 Å². The Morgan fingerprint density at radius 2 is 1.58 bits per heavy atom. The molecule has 0 saturated heterocycles. The van der Waals surface area contributed by atoms with Crippen molar-refractivity contribution in [3.8, 4) is 0 Å². The highest BCUT2D eigenvalue weighted by atomic mass is 16.5. The van der Waals surface area contributed by atoms with E-state index in [-0.39, 0.29) is 17.5 Å². The van der Waals surface area contributed by atoms with Crippen LogP contribution in [-0.4, -0.2) is 12.1 Å². The van der Waals surface area contributed by atoms with Gasteiger partial charge in [0.25, 0.3) is 0 Å². The molecule has 0 bridgehead atoms. The quantitative estimate of drug-likeness (QED) is 0.287. The summed E-state index contributed by atoms with van der Waals surface area (Å²) < 4.78 is 6.21. The molecule has 0 N–H and O–H groups in total. The number of fused-ring (bicyclic) bond motifs is 7. The van der Waals surface area contributed by atoms with Crippen LogP contribution >= 0.6 is 0 Å². The zero-order valence-electron chi connectivity index (χ0n) is 25.0. The number of hydrogen-bond donors (Lipinski definition) is 0. The fourth-order valence-electron chi connectivity index (χ4n) is 11.6. The van der Waals surface area contributed by atoms with Crippen molar-refractivity contribution in [2.45, 2.75) is 139 Å². The van der Waals surface area contributed by atoms with E-state index in [4.69, 9.17) is 4.74 Å². The zero-order chi connectivity index (χ0) is 26.3. The van der Waals surface area contributed by atoms with Gasteiger partial charge in [0, 0.05) is 11.8 Å². The van der Waals surface area contributed by atoms with E-state index in [1.54, 1.807) is 0 Å². The summed E-state index contributed by atoms with van der Waals surface area (Å²) in [6.45, 7) is 24.3. The van der Waals surface area contributed by atoms with Crippen LogP contribution in [-0.2, 0) is 9.53 Å². The lowest BCUT2D eigenvalue weighted by Crippen LogP contribution is -2.66. The third-order valence-electron chi connectivity index (χ3n) is 13.9. The number of allylic oxidation sites excluding steroid dienone is 1. The minimum absolute atomic E-state index is 0.0136. The maximum absolute atomic E-state index is 12.7. The molecule has 0 aliphatic heterocycles. The van der Waals surface area contributed by atoms with Crippen LogP contribution in [0.3, 0.4) is 0 Å². The molecule has 0 amide bonds. The molecule has 0 radical (unpaired) electrons. The van der Waals surface area contributed by atoms with Crippen molar-refractivity contribution < 1.29 is 9.53 Å². The molecule has 2 heteroatoms. The first kappa shape index (κ1) is 26.8. The van der Waals surface area contributed by atoms with Crippen LogP contribution in [0.15, 0.2) is 12.2 Å². The van der Waals surface area contributed by atoms with E-state index in [0.29, 0.717) is 39.9 Å². The molecule has 9 atom stereocenters. The van der Waals surface area contributed by atoms with E-state index in [0.717, 1.165) is 24.2 Å². The second-order valence-corrected chi connectivity index (χ2v) is 16.3. The van der Waals surface area contributed by atoms with Gasteiger partial charge in [0.05, 0.1) is 0 Å². The normalized spacial score (nSPS) is 49.9. The Kier molecular flexibility index (Phi) is 6.41. The number of hydrogen-bond acceptors (Lipinski definition) is 2. The van der Waals surface area contributed by atoms with Gasteiger partial charge in [-0.25, -0.2) is 0 Å². The van der Waals surface area contributed by atoms with Crippen LogP contribution in [0.5, 0.6) is 0 Å². The molecule has 5 aliphatic carbocycles. The first-order chi connectivity index (χ1) is 16.7. The highest BCUT2D eigenvalue weighted by molar-refractivity contribution is 5.69. The molecule has 5 fully saturated rings. The van der Waals surface area contributed by atoms with Gasteiger partial charge in [-0.2, -0.15) is 0 Å². The van der Waals surface area contributed by atoms with Crippen molar-refractivity contribution in [1.82, 2.24) is 0 Å². The molecule has 0 unspecified atom stereocenters. The van der Waals surface area contributed by atoms with Crippen LogP contribution in [0.2, 0.25) is 0 Å². The van der Waals surface area contributed by atoms with Crippen molar-refractivity contribution in [3.05, 3.63) is 12.2 Å². The van der Waals surface area contributed by atoms with E-state index < -0.39 is 0 Å². The van der Waals surface area contributed by atoms with Crippen molar-refractivity contribution in [3.63, 3.8) is 0 Å². The molecule has 5 aliphatic rings. The largest absolute Gasteiger partial charge is 0.462 e. The number of rotatable bonds is 3. The first-order valence-corrected chi connectivity index (χ1v) is 15.5. The SMILES string of the molecule is C=C1CC[C@]2(C)CC[C@]3(C)[C@H](CC[C@@H]4[C@@]5(C)CC[C@H](OC(=O)CC(C)C)C(C)(C)[C@@H]5CC[C@]43C)[C@@H]2C1. The zero-order valence-corrected chi connectivity index (χ0v) is 25.0. The summed E-state index contributed by atoms with van der Waals surface area (Å²) in [7, 11) is 0. The number of carbonyl (C=O) groups is 1. The van der Waals surface area contributed by atoms with Gasteiger partial charge in [-0.15, -0.1) is 0 Å². The fourth-order valence-corrected chi connectivity index (χ4v) is 11.6. The van der Waals surface area contributed by atoms with Gasteiger partial charge in [0.1, 0.15) is 6.10 Å². The lowest BCUT2D eigenvalue weighted by Gasteiger charge is -2.73. The first-order valence-electron chi connectivity index (χ1n) is 15.5. The van der Waals surface area contributed by atoms with Crippen LogP contribution in [0.1, 0.15) is 132 Å². The fraction of sp³-hybridized carbons (Fsp3) is 0.912. The maximum Gasteiger partial charge on any atom is 0.306 e. The summed E-state index contributed by atoms with van der Waals surface area (Å²) in [5, 5.41) is 0. The highest BCUT2D eigenvalue weighted by Crippen LogP contribution is 2.76. The van der Waals surface area contributed by atoms with Gasteiger partial charge in [0.2, 0.25) is 0 Å². The third kappa shape index (κ3) is 3.72. The van der Waals surface area contributed by atoms with Crippen LogP contribution < -0.4 is 0 Å². The summed E-state index contributed by atoms with van der Waals surface area (Å²) in [6.07, 6.45) is 15.1. The summed E-state index contributed by atoms with van der Waals surface area (Å²) in [5.41, 5.74) is 3.31. The average Bonchev–Trinajstić information content (AvgIpc) is 2.77.